The molecule has 1 heterocycles. The van der Waals surface area contributed by atoms with Gasteiger partial charge in [-0.1, -0.05) is 25.1 Å². The molecule has 0 aliphatic rings. The monoisotopic (exact) mass is 362 g/mol. The van der Waals surface area contributed by atoms with Crippen LogP contribution in [0, 0.1) is 5.82 Å². The highest BCUT2D eigenvalue weighted by Gasteiger charge is 2.22. The molecule has 0 unspecified atom stereocenters. The normalized spacial score (nSPS) is 11.1. The number of nitrogen functional groups attached to an aromatic ring is 1. The van der Waals surface area contributed by atoms with Crippen LogP contribution in [0.2, 0.25) is 0 Å². The molecule has 1 aromatic carbocycles. The maximum atomic E-state index is 13.8. The molecule has 0 bridgehead atoms. The number of rotatable bonds is 7. The number of hydrogen-bond donors (Lipinski definition) is 1. The molecule has 0 atom stereocenters. The summed E-state index contributed by atoms with van der Waals surface area (Å²) in [7, 11) is 2.96. The Morgan fingerprint density at radius 3 is 2.54 bits per heavy atom. The third-order valence-corrected chi connectivity index (χ3v) is 4.12. The van der Waals surface area contributed by atoms with E-state index in [0.717, 1.165) is 4.57 Å². The molecular formula is C18H23FN4O3. The van der Waals surface area contributed by atoms with Crippen molar-refractivity contribution < 1.29 is 9.18 Å². The first-order valence-corrected chi connectivity index (χ1v) is 8.32. The number of nitrogens with two attached hydrogens (primary N) is 1. The molecule has 0 radical (unpaired) electrons. The Bertz CT molecular complexity index is 933. The summed E-state index contributed by atoms with van der Waals surface area (Å²) >= 11 is 0. The van der Waals surface area contributed by atoms with Crippen LogP contribution in [0.4, 0.5) is 10.2 Å². The van der Waals surface area contributed by atoms with Gasteiger partial charge in [0.15, 0.2) is 5.78 Å². The van der Waals surface area contributed by atoms with Gasteiger partial charge in [0.1, 0.15) is 17.2 Å². The number of aromatic nitrogens is 2. The van der Waals surface area contributed by atoms with Gasteiger partial charge < -0.3 is 5.73 Å². The largest absolute Gasteiger partial charge is 0.384 e. The molecular weight excluding hydrogens is 339 g/mol. The van der Waals surface area contributed by atoms with E-state index < -0.39 is 17.0 Å². The number of nitrogens with zero attached hydrogens (tertiary/aromatic N) is 3. The van der Waals surface area contributed by atoms with Crippen molar-refractivity contribution in [3.63, 3.8) is 0 Å². The van der Waals surface area contributed by atoms with E-state index in [-0.39, 0.29) is 30.3 Å². The lowest BCUT2D eigenvalue weighted by Crippen LogP contribution is -2.43. The lowest BCUT2D eigenvalue weighted by atomic mass is 10.1. The topological polar surface area (TPSA) is 90.3 Å². The summed E-state index contributed by atoms with van der Waals surface area (Å²) in [4.78, 5) is 38.8. The first kappa shape index (κ1) is 19.6. The molecule has 0 saturated heterocycles. The van der Waals surface area contributed by atoms with E-state index in [1.807, 2.05) is 6.92 Å². The number of carbonyl (C=O) groups excluding carboxylic acids is 1. The second kappa shape index (κ2) is 8.09. The summed E-state index contributed by atoms with van der Waals surface area (Å²) in [5.74, 6) is -0.991. The van der Waals surface area contributed by atoms with E-state index in [4.69, 9.17) is 5.73 Å². The van der Waals surface area contributed by atoms with Gasteiger partial charge in [-0.15, -0.1) is 0 Å². The summed E-state index contributed by atoms with van der Waals surface area (Å²) in [6, 6.07) is 6.28. The molecule has 8 heteroatoms. The highest BCUT2D eigenvalue weighted by atomic mass is 19.1. The molecule has 2 rings (SSSR count). The van der Waals surface area contributed by atoms with E-state index in [1.54, 1.807) is 30.1 Å². The Morgan fingerprint density at radius 2 is 1.92 bits per heavy atom. The minimum absolute atomic E-state index is 0.121. The smallest absolute Gasteiger partial charge is 0.332 e. The summed E-state index contributed by atoms with van der Waals surface area (Å²) < 4.78 is 15.9. The zero-order valence-corrected chi connectivity index (χ0v) is 15.2. The Morgan fingerprint density at radius 1 is 1.27 bits per heavy atom. The Hall–Kier alpha value is -2.74. The maximum Gasteiger partial charge on any atom is 0.332 e. The van der Waals surface area contributed by atoms with Gasteiger partial charge in [-0.25, -0.2) is 9.18 Å². The third-order valence-electron chi connectivity index (χ3n) is 4.12. The van der Waals surface area contributed by atoms with Crippen LogP contribution >= 0.6 is 0 Å². The Balaban J connectivity index is 2.31. The van der Waals surface area contributed by atoms with Crippen LogP contribution in [-0.2, 0) is 20.1 Å². The molecule has 0 amide bonds. The first-order chi connectivity index (χ1) is 12.3. The van der Waals surface area contributed by atoms with Crippen molar-refractivity contribution in [2.24, 2.45) is 7.05 Å². The quantitative estimate of drug-likeness (QED) is 0.742. The zero-order valence-electron chi connectivity index (χ0n) is 15.2. The second-order valence-corrected chi connectivity index (χ2v) is 6.25. The number of benzene rings is 1. The highest BCUT2D eigenvalue weighted by Crippen LogP contribution is 2.11. The van der Waals surface area contributed by atoms with Crippen molar-refractivity contribution in [1.82, 2.24) is 14.0 Å². The number of likely N-dealkylation sites (N-methyl/N-ethyl adjacent to an activating group) is 1. The lowest BCUT2D eigenvalue weighted by Gasteiger charge is -2.18. The summed E-state index contributed by atoms with van der Waals surface area (Å²) in [5, 5.41) is 0. The summed E-state index contributed by atoms with van der Waals surface area (Å²) in [6.07, 6.45) is 0.628. The van der Waals surface area contributed by atoms with E-state index in [0.29, 0.717) is 18.5 Å². The fourth-order valence-corrected chi connectivity index (χ4v) is 2.78. The van der Waals surface area contributed by atoms with Gasteiger partial charge in [0.2, 0.25) is 0 Å². The van der Waals surface area contributed by atoms with Crippen molar-refractivity contribution in [2.75, 3.05) is 19.3 Å². The van der Waals surface area contributed by atoms with E-state index in [9.17, 15) is 18.8 Å². The van der Waals surface area contributed by atoms with Gasteiger partial charge in [0.05, 0.1) is 6.54 Å². The van der Waals surface area contributed by atoms with Crippen LogP contribution in [-0.4, -0.2) is 33.4 Å². The second-order valence-electron chi connectivity index (χ2n) is 6.25. The van der Waals surface area contributed by atoms with Crippen LogP contribution in [0.15, 0.2) is 33.9 Å². The van der Waals surface area contributed by atoms with Gasteiger partial charge in [-0.05, 0) is 19.5 Å². The van der Waals surface area contributed by atoms with Crippen molar-refractivity contribution in [3.8, 4) is 0 Å². The number of Topliss-reactive ketones (excluding diaryl/α,β-unsaturated/α-hetero) is 1. The van der Waals surface area contributed by atoms with Crippen LogP contribution in [0.25, 0.3) is 0 Å². The Labute approximate surface area is 150 Å². The fourth-order valence-electron chi connectivity index (χ4n) is 2.78. The van der Waals surface area contributed by atoms with Gasteiger partial charge in [-0.3, -0.25) is 23.6 Å². The molecule has 0 spiro atoms. The SMILES string of the molecule is CCCn1c(N)c(C(=O)CN(C)Cc2ccccc2F)c(=O)n(C)c1=O. The molecule has 0 fully saturated rings. The minimum atomic E-state index is -0.718. The fraction of sp³-hybridized carbons (Fsp3) is 0.389. The van der Waals surface area contributed by atoms with Crippen LogP contribution in [0.5, 0.6) is 0 Å². The van der Waals surface area contributed by atoms with Crippen LogP contribution in [0.1, 0.15) is 29.3 Å². The van der Waals surface area contributed by atoms with Crippen molar-refractivity contribution in [3.05, 3.63) is 62.0 Å². The molecule has 140 valence electrons. The van der Waals surface area contributed by atoms with Crippen molar-refractivity contribution in [1.29, 1.82) is 0 Å². The first-order valence-electron chi connectivity index (χ1n) is 8.32. The lowest BCUT2D eigenvalue weighted by molar-refractivity contribution is 0.0940. The molecule has 26 heavy (non-hydrogen) atoms. The van der Waals surface area contributed by atoms with Crippen LogP contribution < -0.4 is 17.0 Å². The average molecular weight is 362 g/mol. The predicted molar refractivity (Wildman–Crippen MR) is 97.7 cm³/mol. The molecule has 7 nitrogen and oxygen atoms in total. The third kappa shape index (κ3) is 3.91. The van der Waals surface area contributed by atoms with E-state index in [2.05, 4.69) is 0 Å². The van der Waals surface area contributed by atoms with Gasteiger partial charge >= 0.3 is 5.69 Å². The molecule has 0 aliphatic carbocycles. The molecule has 2 aromatic rings. The maximum absolute atomic E-state index is 13.8. The highest BCUT2D eigenvalue weighted by molar-refractivity contribution is 6.01. The number of anilines is 1. The van der Waals surface area contributed by atoms with Gasteiger partial charge in [-0.2, -0.15) is 0 Å². The minimum Gasteiger partial charge on any atom is -0.384 e. The predicted octanol–water partition coefficient (Wildman–Crippen LogP) is 0.993. The number of hydrogen-bond acceptors (Lipinski definition) is 5. The number of halogens is 1. The van der Waals surface area contributed by atoms with Gasteiger partial charge in [0, 0.05) is 25.7 Å². The molecule has 1 aromatic heterocycles. The van der Waals surface area contributed by atoms with E-state index >= 15 is 0 Å². The van der Waals surface area contributed by atoms with Crippen molar-refractivity contribution >= 4 is 11.6 Å². The van der Waals surface area contributed by atoms with E-state index in [1.165, 1.54) is 17.7 Å². The average Bonchev–Trinajstić information content (AvgIpc) is 2.59. The molecule has 0 aliphatic heterocycles. The Kier molecular flexibility index (Phi) is 6.10. The van der Waals surface area contributed by atoms with Crippen LogP contribution in [0.3, 0.4) is 0 Å². The molecule has 0 saturated carbocycles. The summed E-state index contributed by atoms with van der Waals surface area (Å²) in [6.45, 7) is 2.25. The zero-order chi connectivity index (χ0) is 19.4. The number of carbonyl (C=O) groups is 1. The standard InChI is InChI=1S/C18H23FN4O3/c1-4-9-23-16(20)15(17(25)22(3)18(23)26)14(24)11-21(2)10-12-7-5-6-8-13(12)19/h5-8H,4,9-11,20H2,1-3H3. The number of ketones is 1. The van der Waals surface area contributed by atoms with Gasteiger partial charge in [0.25, 0.3) is 5.56 Å². The molecule has 2 N–H and O–H groups in total. The summed E-state index contributed by atoms with van der Waals surface area (Å²) in [5.41, 5.74) is 4.91. The van der Waals surface area contributed by atoms with Crippen molar-refractivity contribution in [2.45, 2.75) is 26.4 Å².